The average Bonchev–Trinajstić information content (AvgIpc) is 3.46. The van der Waals surface area contributed by atoms with Crippen LogP contribution in [0.1, 0.15) is 21.7 Å². The Morgan fingerprint density at radius 2 is 1.95 bits per heavy atom. The monoisotopic (exact) mass is 547 g/mol. The second-order valence-corrected chi connectivity index (χ2v) is 10.8. The minimum absolute atomic E-state index is 0.406. The molecule has 5 aromatic rings. The molecule has 8 heteroatoms. The van der Waals surface area contributed by atoms with Crippen LogP contribution in [-0.2, 0) is 17.9 Å². The van der Waals surface area contributed by atoms with Crippen LogP contribution in [0.5, 0.6) is 5.75 Å². The SMILES string of the molecule is Cc1cc(Nc2c(C#N)cnc3cc(-c4csc(CN5CCOCC5)c4)ccc23)ccc1OCc1ccccn1. The lowest BCUT2D eigenvalue weighted by Crippen LogP contribution is -2.35. The predicted octanol–water partition coefficient (Wildman–Crippen LogP) is 6.69. The van der Waals surface area contributed by atoms with E-state index >= 15 is 0 Å². The maximum Gasteiger partial charge on any atom is 0.130 e. The molecule has 6 rings (SSSR count). The fraction of sp³-hybridized carbons (Fsp3) is 0.219. The van der Waals surface area contributed by atoms with Crippen molar-refractivity contribution in [1.29, 1.82) is 5.26 Å². The highest BCUT2D eigenvalue weighted by atomic mass is 32.1. The summed E-state index contributed by atoms with van der Waals surface area (Å²) in [6.07, 6.45) is 3.40. The van der Waals surface area contributed by atoms with E-state index in [9.17, 15) is 5.26 Å². The van der Waals surface area contributed by atoms with Crippen LogP contribution in [-0.4, -0.2) is 41.2 Å². The van der Waals surface area contributed by atoms with E-state index in [1.165, 1.54) is 10.4 Å². The van der Waals surface area contributed by atoms with Gasteiger partial charge in [0.15, 0.2) is 0 Å². The molecule has 0 atom stereocenters. The third kappa shape index (κ3) is 5.82. The van der Waals surface area contributed by atoms with Crippen molar-refractivity contribution >= 4 is 33.6 Å². The molecular formula is C32H29N5O2S. The minimum Gasteiger partial charge on any atom is -0.487 e. The molecular weight excluding hydrogens is 518 g/mol. The zero-order valence-electron chi connectivity index (χ0n) is 22.3. The van der Waals surface area contributed by atoms with Gasteiger partial charge in [-0.3, -0.25) is 14.9 Å². The van der Waals surface area contributed by atoms with Crippen LogP contribution >= 0.6 is 11.3 Å². The summed E-state index contributed by atoms with van der Waals surface area (Å²) in [4.78, 5) is 12.7. The summed E-state index contributed by atoms with van der Waals surface area (Å²) in [5, 5.41) is 16.4. The Hall–Kier alpha value is -4.29. The highest BCUT2D eigenvalue weighted by Crippen LogP contribution is 2.34. The molecule has 0 aliphatic carbocycles. The molecule has 3 aromatic heterocycles. The van der Waals surface area contributed by atoms with Gasteiger partial charge in [-0.15, -0.1) is 11.3 Å². The van der Waals surface area contributed by atoms with Gasteiger partial charge in [-0.25, -0.2) is 0 Å². The Bertz CT molecular complexity index is 1670. The number of pyridine rings is 2. The Kier molecular flexibility index (Phi) is 7.69. The molecule has 1 aliphatic heterocycles. The van der Waals surface area contributed by atoms with E-state index in [-0.39, 0.29) is 0 Å². The fourth-order valence-electron chi connectivity index (χ4n) is 4.86. The van der Waals surface area contributed by atoms with Crippen LogP contribution in [0.3, 0.4) is 0 Å². The van der Waals surface area contributed by atoms with Crippen molar-refractivity contribution in [3.63, 3.8) is 0 Å². The summed E-state index contributed by atoms with van der Waals surface area (Å²) in [7, 11) is 0. The van der Waals surface area contributed by atoms with Crippen molar-refractivity contribution in [3.8, 4) is 22.9 Å². The highest BCUT2D eigenvalue weighted by molar-refractivity contribution is 7.10. The second-order valence-electron chi connectivity index (χ2n) is 9.80. The number of thiophene rings is 1. The van der Waals surface area contributed by atoms with Crippen LogP contribution in [0, 0.1) is 18.3 Å². The summed E-state index contributed by atoms with van der Waals surface area (Å²) in [6.45, 7) is 6.93. The van der Waals surface area contributed by atoms with E-state index in [1.54, 1.807) is 23.7 Å². The number of aromatic nitrogens is 2. The van der Waals surface area contributed by atoms with Crippen molar-refractivity contribution in [2.75, 3.05) is 31.6 Å². The Balaban J connectivity index is 1.22. The number of hydrogen-bond donors (Lipinski definition) is 1. The number of benzene rings is 2. The lowest BCUT2D eigenvalue weighted by molar-refractivity contribution is 0.0346. The molecule has 0 unspecified atom stereocenters. The van der Waals surface area contributed by atoms with Gasteiger partial charge >= 0.3 is 0 Å². The van der Waals surface area contributed by atoms with E-state index in [2.05, 4.69) is 55.9 Å². The molecule has 0 spiro atoms. The van der Waals surface area contributed by atoms with E-state index in [0.717, 1.165) is 77.7 Å². The minimum atomic E-state index is 0.406. The van der Waals surface area contributed by atoms with Crippen molar-refractivity contribution in [2.24, 2.45) is 0 Å². The lowest BCUT2D eigenvalue weighted by Gasteiger charge is -2.25. The van der Waals surface area contributed by atoms with Crippen molar-refractivity contribution < 1.29 is 9.47 Å². The first-order valence-electron chi connectivity index (χ1n) is 13.3. The number of nitriles is 1. The van der Waals surface area contributed by atoms with Gasteiger partial charge in [0.2, 0.25) is 0 Å². The number of nitrogens with zero attached hydrogens (tertiary/aromatic N) is 4. The van der Waals surface area contributed by atoms with Gasteiger partial charge in [0.05, 0.1) is 35.7 Å². The van der Waals surface area contributed by atoms with Gasteiger partial charge < -0.3 is 14.8 Å². The zero-order chi connectivity index (χ0) is 27.3. The van der Waals surface area contributed by atoms with E-state index < -0.39 is 0 Å². The third-order valence-corrected chi connectivity index (χ3v) is 7.93. The number of ether oxygens (including phenoxy) is 2. The molecule has 0 bridgehead atoms. The van der Waals surface area contributed by atoms with Crippen molar-refractivity contribution in [2.45, 2.75) is 20.1 Å². The van der Waals surface area contributed by atoms with Gasteiger partial charge in [0, 0.05) is 48.0 Å². The number of rotatable bonds is 8. The predicted molar refractivity (Wildman–Crippen MR) is 159 cm³/mol. The summed E-state index contributed by atoms with van der Waals surface area (Å²) in [5.74, 6) is 0.796. The molecule has 1 fully saturated rings. The largest absolute Gasteiger partial charge is 0.487 e. The highest BCUT2D eigenvalue weighted by Gasteiger charge is 2.14. The van der Waals surface area contributed by atoms with Gasteiger partial charge in [-0.05, 0) is 71.5 Å². The zero-order valence-corrected chi connectivity index (χ0v) is 23.1. The summed E-state index contributed by atoms with van der Waals surface area (Å²) in [6, 6.07) is 22.5. The van der Waals surface area contributed by atoms with E-state index in [0.29, 0.717) is 12.2 Å². The maximum atomic E-state index is 9.84. The number of nitrogens with one attached hydrogen (secondary N) is 1. The summed E-state index contributed by atoms with van der Waals surface area (Å²) >= 11 is 1.79. The standard InChI is InChI=1S/C32H29N5O2S/c1-22-14-26(6-8-31(22)39-20-27-4-2-3-9-34-27)36-32-25(17-33)18-35-30-16-23(5-7-29(30)32)24-15-28(40-21-24)19-37-10-12-38-13-11-37/h2-9,14-16,18,21H,10-13,19-20H2,1H3,(H,35,36). The molecule has 1 N–H and O–H groups in total. The first-order chi connectivity index (χ1) is 19.7. The maximum absolute atomic E-state index is 9.84. The normalized spacial score (nSPS) is 13.7. The van der Waals surface area contributed by atoms with Crippen LogP contribution < -0.4 is 10.1 Å². The smallest absolute Gasteiger partial charge is 0.130 e. The van der Waals surface area contributed by atoms with Crippen LogP contribution in [0.15, 0.2) is 78.4 Å². The molecule has 1 saturated heterocycles. The van der Waals surface area contributed by atoms with Gasteiger partial charge in [-0.2, -0.15) is 5.26 Å². The van der Waals surface area contributed by atoms with Crippen LogP contribution in [0.4, 0.5) is 11.4 Å². The van der Waals surface area contributed by atoms with E-state index in [1.807, 2.05) is 43.3 Å². The third-order valence-electron chi connectivity index (χ3n) is 7.01. The second kappa shape index (κ2) is 11.8. The molecule has 40 heavy (non-hydrogen) atoms. The lowest BCUT2D eigenvalue weighted by atomic mass is 10.0. The number of aryl methyl sites for hydroxylation is 1. The van der Waals surface area contributed by atoms with Crippen LogP contribution in [0.25, 0.3) is 22.0 Å². The Morgan fingerprint density at radius 3 is 2.75 bits per heavy atom. The molecule has 7 nitrogen and oxygen atoms in total. The number of anilines is 2. The number of morpholine rings is 1. The first-order valence-corrected chi connectivity index (χ1v) is 14.2. The molecule has 0 saturated carbocycles. The topological polar surface area (TPSA) is 83.3 Å². The molecule has 200 valence electrons. The quantitative estimate of drug-likeness (QED) is 0.232. The molecule has 0 radical (unpaired) electrons. The van der Waals surface area contributed by atoms with E-state index in [4.69, 9.17) is 9.47 Å². The molecule has 4 heterocycles. The van der Waals surface area contributed by atoms with Gasteiger partial charge in [0.25, 0.3) is 0 Å². The van der Waals surface area contributed by atoms with Gasteiger partial charge in [0.1, 0.15) is 18.4 Å². The Morgan fingerprint density at radius 1 is 1.05 bits per heavy atom. The number of hydrogen-bond acceptors (Lipinski definition) is 8. The summed E-state index contributed by atoms with van der Waals surface area (Å²) < 4.78 is 11.5. The number of fused-ring (bicyclic) bond motifs is 1. The average molecular weight is 548 g/mol. The molecule has 2 aromatic carbocycles. The molecule has 0 amide bonds. The summed E-state index contributed by atoms with van der Waals surface area (Å²) in [5.41, 5.74) is 7.13. The van der Waals surface area contributed by atoms with Crippen LogP contribution in [0.2, 0.25) is 0 Å². The van der Waals surface area contributed by atoms with Gasteiger partial charge in [-0.1, -0.05) is 18.2 Å². The first kappa shape index (κ1) is 26.0. The molecule has 1 aliphatic rings. The van der Waals surface area contributed by atoms with Crippen molar-refractivity contribution in [3.05, 3.63) is 100 Å². The van der Waals surface area contributed by atoms with Crippen molar-refractivity contribution in [1.82, 2.24) is 14.9 Å². The Labute approximate surface area is 237 Å². The fourth-order valence-corrected chi connectivity index (χ4v) is 5.79.